The Kier molecular flexibility index (Phi) is 6.91. The highest BCUT2D eigenvalue weighted by Crippen LogP contribution is 2.35. The first-order valence-corrected chi connectivity index (χ1v) is 8.47. The summed E-state index contributed by atoms with van der Waals surface area (Å²) in [5.41, 5.74) is 0.653. The summed E-state index contributed by atoms with van der Waals surface area (Å²) >= 11 is 0. The minimum atomic E-state index is -0.894. The third kappa shape index (κ3) is 5.19. The molecule has 2 rings (SSSR count). The lowest BCUT2D eigenvalue weighted by molar-refractivity contribution is -0.385. The second-order valence-corrected chi connectivity index (χ2v) is 5.76. The van der Waals surface area contributed by atoms with Crippen LogP contribution in [0.1, 0.15) is 29.3 Å². The molecule has 1 amide bonds. The van der Waals surface area contributed by atoms with Crippen molar-refractivity contribution in [2.45, 2.75) is 19.8 Å². The molecule has 0 spiro atoms. The van der Waals surface area contributed by atoms with E-state index in [1.807, 2.05) is 0 Å². The number of nitrogens with zero attached hydrogens (tertiary/aromatic N) is 1. The van der Waals surface area contributed by atoms with Gasteiger partial charge in [0.05, 0.1) is 24.7 Å². The van der Waals surface area contributed by atoms with Crippen molar-refractivity contribution in [2.24, 2.45) is 0 Å². The highest BCUT2D eigenvalue weighted by Gasteiger charge is 2.24. The van der Waals surface area contributed by atoms with Gasteiger partial charge < -0.3 is 19.9 Å². The van der Waals surface area contributed by atoms with Crippen LogP contribution in [-0.2, 0) is 11.2 Å². The normalized spacial score (nSPS) is 10.2. The number of carboxylic acid groups (broad SMARTS) is 1. The molecule has 2 aromatic rings. The molecule has 0 radical (unpaired) electrons. The molecule has 0 bridgehead atoms. The number of nitrogens with one attached hydrogen (secondary N) is 1. The lowest BCUT2D eigenvalue weighted by Gasteiger charge is -2.12. The number of hydrogen-bond acceptors (Lipinski definition) is 6. The smallest absolute Gasteiger partial charge is 0.303 e. The van der Waals surface area contributed by atoms with Crippen molar-refractivity contribution < 1.29 is 29.1 Å². The zero-order valence-corrected chi connectivity index (χ0v) is 15.4. The number of carbonyl (C=O) groups excluding carboxylic acids is 1. The third-order valence-corrected chi connectivity index (χ3v) is 3.86. The van der Waals surface area contributed by atoms with E-state index in [-0.39, 0.29) is 30.1 Å². The number of hydrogen-bond donors (Lipinski definition) is 2. The third-order valence-electron chi connectivity index (χ3n) is 3.86. The molecule has 0 atom stereocenters. The van der Waals surface area contributed by atoms with Gasteiger partial charge in [0.1, 0.15) is 5.56 Å². The topological polar surface area (TPSA) is 128 Å². The first-order chi connectivity index (χ1) is 13.3. The van der Waals surface area contributed by atoms with Gasteiger partial charge in [0, 0.05) is 18.2 Å². The van der Waals surface area contributed by atoms with Gasteiger partial charge in [-0.15, -0.1) is 0 Å². The van der Waals surface area contributed by atoms with Crippen LogP contribution in [0.15, 0.2) is 36.4 Å². The predicted molar refractivity (Wildman–Crippen MR) is 101 cm³/mol. The van der Waals surface area contributed by atoms with Crippen molar-refractivity contribution in [3.05, 3.63) is 57.6 Å². The lowest BCUT2D eigenvalue weighted by Crippen LogP contribution is -2.14. The van der Waals surface area contributed by atoms with Crippen LogP contribution in [0.25, 0.3) is 0 Å². The zero-order valence-electron chi connectivity index (χ0n) is 15.4. The second kappa shape index (κ2) is 9.36. The largest absolute Gasteiger partial charge is 0.493 e. The van der Waals surface area contributed by atoms with Crippen LogP contribution in [0.2, 0.25) is 0 Å². The van der Waals surface area contributed by atoms with Crippen molar-refractivity contribution in [1.29, 1.82) is 0 Å². The lowest BCUT2D eigenvalue weighted by atomic mass is 10.1. The van der Waals surface area contributed by atoms with Crippen molar-refractivity contribution in [2.75, 3.05) is 19.0 Å². The maximum absolute atomic E-state index is 12.6. The monoisotopic (exact) mass is 388 g/mol. The number of carbonyl (C=O) groups is 2. The molecule has 2 N–H and O–H groups in total. The average Bonchev–Trinajstić information content (AvgIpc) is 2.67. The van der Waals surface area contributed by atoms with E-state index < -0.39 is 22.5 Å². The van der Waals surface area contributed by atoms with Gasteiger partial charge in [-0.3, -0.25) is 19.7 Å². The van der Waals surface area contributed by atoms with Crippen LogP contribution in [0.3, 0.4) is 0 Å². The molecule has 0 heterocycles. The van der Waals surface area contributed by atoms with E-state index >= 15 is 0 Å². The first-order valence-electron chi connectivity index (χ1n) is 8.47. The maximum Gasteiger partial charge on any atom is 0.303 e. The van der Waals surface area contributed by atoms with Gasteiger partial charge in [-0.1, -0.05) is 12.1 Å². The highest BCUT2D eigenvalue weighted by molar-refractivity contribution is 6.07. The Bertz CT molecular complexity index is 879. The summed E-state index contributed by atoms with van der Waals surface area (Å²) in [6, 6.07) is 9.00. The van der Waals surface area contributed by atoms with E-state index in [2.05, 4.69) is 5.32 Å². The highest BCUT2D eigenvalue weighted by atomic mass is 16.6. The molecule has 0 aliphatic carbocycles. The van der Waals surface area contributed by atoms with E-state index in [0.29, 0.717) is 12.1 Å². The van der Waals surface area contributed by atoms with Crippen molar-refractivity contribution in [3.63, 3.8) is 0 Å². The van der Waals surface area contributed by atoms with Crippen molar-refractivity contribution in [1.82, 2.24) is 0 Å². The average molecular weight is 388 g/mol. The quantitative estimate of drug-likeness (QED) is 0.498. The van der Waals surface area contributed by atoms with Crippen LogP contribution in [0, 0.1) is 10.1 Å². The zero-order chi connectivity index (χ0) is 20.7. The number of nitro groups is 1. The predicted octanol–water partition coefficient (Wildman–Crippen LogP) is 3.27. The van der Waals surface area contributed by atoms with Crippen molar-refractivity contribution in [3.8, 4) is 11.5 Å². The number of benzene rings is 2. The van der Waals surface area contributed by atoms with Crippen LogP contribution in [0.5, 0.6) is 11.5 Å². The summed E-state index contributed by atoms with van der Waals surface area (Å²) < 4.78 is 10.5. The minimum Gasteiger partial charge on any atom is -0.493 e. The minimum absolute atomic E-state index is 0.00384. The fraction of sp³-hybridized carbons (Fsp3) is 0.263. The number of rotatable bonds is 9. The van der Waals surface area contributed by atoms with E-state index in [0.717, 1.165) is 11.6 Å². The number of aryl methyl sites for hydroxylation is 1. The van der Waals surface area contributed by atoms with E-state index in [1.165, 1.54) is 13.2 Å². The number of carboxylic acids is 1. The van der Waals surface area contributed by atoms with Gasteiger partial charge in [0.25, 0.3) is 11.6 Å². The van der Waals surface area contributed by atoms with Gasteiger partial charge in [0.15, 0.2) is 11.5 Å². The van der Waals surface area contributed by atoms with Crippen LogP contribution < -0.4 is 14.8 Å². The molecule has 28 heavy (non-hydrogen) atoms. The van der Waals surface area contributed by atoms with Crippen molar-refractivity contribution >= 4 is 23.3 Å². The molecule has 0 saturated heterocycles. The fourth-order valence-corrected chi connectivity index (χ4v) is 2.51. The van der Waals surface area contributed by atoms with Gasteiger partial charge in [-0.25, -0.2) is 0 Å². The van der Waals surface area contributed by atoms with Gasteiger partial charge in [0.2, 0.25) is 0 Å². The van der Waals surface area contributed by atoms with E-state index in [9.17, 15) is 19.7 Å². The molecule has 0 fully saturated rings. The Morgan fingerprint density at radius 1 is 1.18 bits per heavy atom. The molecule has 0 saturated carbocycles. The number of aliphatic carboxylic acids is 1. The first kappa shape index (κ1) is 20.7. The van der Waals surface area contributed by atoms with E-state index in [1.54, 1.807) is 31.2 Å². The molecule has 0 unspecified atom stereocenters. The molecule has 0 aliphatic heterocycles. The number of methoxy groups -OCH3 is 1. The van der Waals surface area contributed by atoms with Crippen LogP contribution in [0.4, 0.5) is 11.4 Å². The maximum atomic E-state index is 12.6. The summed E-state index contributed by atoms with van der Waals surface area (Å²) in [6.45, 7) is 2.01. The fourth-order valence-electron chi connectivity index (χ4n) is 2.51. The molecular formula is C19H20N2O7. The van der Waals surface area contributed by atoms with Gasteiger partial charge in [-0.2, -0.15) is 0 Å². The molecule has 0 aliphatic rings. The number of ether oxygens (including phenoxy) is 2. The van der Waals surface area contributed by atoms with Crippen LogP contribution >= 0.6 is 0 Å². The van der Waals surface area contributed by atoms with Gasteiger partial charge in [-0.05, 0) is 31.0 Å². The molecule has 148 valence electrons. The Morgan fingerprint density at radius 3 is 2.39 bits per heavy atom. The summed E-state index contributed by atoms with van der Waals surface area (Å²) in [7, 11) is 1.38. The summed E-state index contributed by atoms with van der Waals surface area (Å²) in [4.78, 5) is 33.9. The molecule has 9 nitrogen and oxygen atoms in total. The Balaban J connectivity index is 2.25. The Hall–Kier alpha value is -3.62. The van der Waals surface area contributed by atoms with E-state index in [4.69, 9.17) is 14.6 Å². The number of amides is 1. The van der Waals surface area contributed by atoms with Crippen LogP contribution in [-0.4, -0.2) is 35.6 Å². The summed E-state index contributed by atoms with van der Waals surface area (Å²) in [5.74, 6) is -1.18. The molecule has 2 aromatic carbocycles. The molecule has 0 aromatic heterocycles. The summed E-state index contributed by atoms with van der Waals surface area (Å²) in [6.07, 6.45) is 0.370. The molecular weight excluding hydrogens is 368 g/mol. The number of nitro benzene ring substituents is 1. The number of anilines is 1. The SMILES string of the molecule is CCOc1cc([N+](=O)[O-])c(C(=O)Nc2ccc(CCC(=O)O)cc2)cc1OC. The summed E-state index contributed by atoms with van der Waals surface area (Å²) in [5, 5.41) is 22.7. The van der Waals surface area contributed by atoms with Gasteiger partial charge >= 0.3 is 5.97 Å². The Morgan fingerprint density at radius 2 is 1.86 bits per heavy atom. The second-order valence-electron chi connectivity index (χ2n) is 5.76. The Labute approximate surface area is 161 Å². The standard InChI is InChI=1S/C19H20N2O7/c1-3-28-17-11-15(21(25)26)14(10-16(17)27-2)19(24)20-13-7-4-12(5-8-13)6-9-18(22)23/h4-5,7-8,10-11H,3,6,9H2,1-2H3,(H,20,24)(H,22,23). The molecule has 9 heteroatoms.